The van der Waals surface area contributed by atoms with Gasteiger partial charge in [-0.25, -0.2) is 13.6 Å². The van der Waals surface area contributed by atoms with Crippen LogP contribution in [-0.2, 0) is 10.0 Å². The maximum absolute atomic E-state index is 10.6. The summed E-state index contributed by atoms with van der Waals surface area (Å²) in [6.45, 7) is 4.62. The molecule has 14 heavy (non-hydrogen) atoms. The van der Waals surface area contributed by atoms with E-state index in [2.05, 4.69) is 19.2 Å². The first-order valence-corrected chi connectivity index (χ1v) is 7.64. The molecule has 0 aromatic rings. The highest BCUT2D eigenvalue weighted by Gasteiger charge is 2.04. The van der Waals surface area contributed by atoms with Crippen molar-refractivity contribution in [3.05, 3.63) is 0 Å². The molecule has 0 aromatic heterocycles. The average Bonchev–Trinajstić information content (AvgIpc) is 2.02. The number of hydrogen-bond acceptors (Lipinski definition) is 4. The first-order chi connectivity index (χ1) is 6.45. The number of hydrogen-bond donors (Lipinski definition) is 2. The molecule has 0 rings (SSSR count). The van der Waals surface area contributed by atoms with Crippen LogP contribution in [0.4, 0.5) is 0 Å². The molecule has 0 aliphatic heterocycles. The fraction of sp³-hybridized carbons (Fsp3) is 1.00. The first-order valence-electron chi connectivity index (χ1n) is 4.77. The molecule has 0 heterocycles. The Labute approximate surface area is 91.1 Å². The molecule has 0 spiro atoms. The van der Waals surface area contributed by atoms with Gasteiger partial charge in [-0.15, -0.1) is 0 Å². The summed E-state index contributed by atoms with van der Waals surface area (Å²) in [6, 6.07) is 0.357. The highest BCUT2D eigenvalue weighted by molar-refractivity contribution is 7.99. The van der Waals surface area contributed by atoms with Crippen molar-refractivity contribution in [1.29, 1.82) is 0 Å². The third kappa shape index (κ3) is 10.3. The number of sulfonamides is 1. The van der Waals surface area contributed by atoms with E-state index in [-0.39, 0.29) is 5.75 Å². The van der Waals surface area contributed by atoms with Crippen molar-refractivity contribution in [3.8, 4) is 0 Å². The highest BCUT2D eigenvalue weighted by Crippen LogP contribution is 2.03. The Morgan fingerprint density at radius 3 is 2.64 bits per heavy atom. The van der Waals surface area contributed by atoms with Crippen LogP contribution in [0.3, 0.4) is 0 Å². The number of rotatable bonds is 8. The van der Waals surface area contributed by atoms with E-state index in [0.29, 0.717) is 12.6 Å². The fourth-order valence-corrected chi connectivity index (χ4v) is 2.17. The summed E-state index contributed by atoms with van der Waals surface area (Å²) in [5.41, 5.74) is 0. The minimum Gasteiger partial charge on any atom is -0.313 e. The summed E-state index contributed by atoms with van der Waals surface area (Å²) in [5.74, 6) is 2.25. The van der Waals surface area contributed by atoms with E-state index in [1.807, 2.05) is 11.8 Å². The van der Waals surface area contributed by atoms with Gasteiger partial charge < -0.3 is 5.32 Å². The normalized spacial score (nSPS) is 14.2. The Morgan fingerprint density at radius 2 is 2.14 bits per heavy atom. The van der Waals surface area contributed by atoms with Crippen LogP contribution in [0.25, 0.3) is 0 Å². The SMILES string of the molecule is CCSCCC(C)NCCS(N)(=O)=O. The zero-order chi connectivity index (χ0) is 11.0. The van der Waals surface area contributed by atoms with Crippen LogP contribution in [0.15, 0.2) is 0 Å². The van der Waals surface area contributed by atoms with Crippen molar-refractivity contribution >= 4 is 21.8 Å². The van der Waals surface area contributed by atoms with Crippen LogP contribution in [0.1, 0.15) is 20.3 Å². The van der Waals surface area contributed by atoms with Crippen LogP contribution in [0.2, 0.25) is 0 Å². The molecule has 1 unspecified atom stereocenters. The predicted octanol–water partition coefficient (Wildman–Crippen LogP) is 0.396. The molecular formula is C8H20N2O2S2. The zero-order valence-electron chi connectivity index (χ0n) is 8.82. The van der Waals surface area contributed by atoms with Crippen LogP contribution in [0, 0.1) is 0 Å². The van der Waals surface area contributed by atoms with Crippen molar-refractivity contribution in [3.63, 3.8) is 0 Å². The van der Waals surface area contributed by atoms with E-state index in [9.17, 15) is 8.42 Å². The van der Waals surface area contributed by atoms with Crippen LogP contribution in [-0.4, -0.2) is 38.3 Å². The van der Waals surface area contributed by atoms with Crippen LogP contribution in [0.5, 0.6) is 0 Å². The minimum atomic E-state index is -3.31. The lowest BCUT2D eigenvalue weighted by Gasteiger charge is -2.12. The largest absolute Gasteiger partial charge is 0.313 e. The molecule has 0 aromatic carbocycles. The Hall–Kier alpha value is 0.220. The van der Waals surface area contributed by atoms with Gasteiger partial charge in [-0.3, -0.25) is 0 Å². The Bertz CT molecular complexity index is 229. The second-order valence-electron chi connectivity index (χ2n) is 3.21. The average molecular weight is 240 g/mol. The molecule has 0 fully saturated rings. The van der Waals surface area contributed by atoms with Crippen molar-refractivity contribution < 1.29 is 8.42 Å². The summed E-state index contributed by atoms with van der Waals surface area (Å²) in [7, 11) is -3.31. The van der Waals surface area contributed by atoms with E-state index in [1.54, 1.807) is 0 Å². The van der Waals surface area contributed by atoms with Gasteiger partial charge in [-0.1, -0.05) is 6.92 Å². The van der Waals surface area contributed by atoms with E-state index in [1.165, 1.54) is 0 Å². The molecule has 0 amide bonds. The van der Waals surface area contributed by atoms with E-state index in [0.717, 1.165) is 17.9 Å². The van der Waals surface area contributed by atoms with Crippen LogP contribution < -0.4 is 10.5 Å². The highest BCUT2D eigenvalue weighted by atomic mass is 32.2. The summed E-state index contributed by atoms with van der Waals surface area (Å²) in [4.78, 5) is 0. The molecule has 0 aliphatic rings. The maximum Gasteiger partial charge on any atom is 0.210 e. The number of nitrogens with two attached hydrogens (primary N) is 1. The Morgan fingerprint density at radius 1 is 1.50 bits per heavy atom. The molecule has 6 heteroatoms. The van der Waals surface area contributed by atoms with Crippen molar-refractivity contribution in [2.24, 2.45) is 5.14 Å². The smallest absolute Gasteiger partial charge is 0.210 e. The van der Waals surface area contributed by atoms with Gasteiger partial charge in [-0.05, 0) is 24.9 Å². The number of primary sulfonamides is 1. The lowest BCUT2D eigenvalue weighted by Crippen LogP contribution is -2.33. The van der Waals surface area contributed by atoms with Crippen molar-refractivity contribution in [2.75, 3.05) is 23.8 Å². The maximum atomic E-state index is 10.6. The third-order valence-corrected chi connectivity index (χ3v) is 3.48. The zero-order valence-corrected chi connectivity index (χ0v) is 10.5. The molecule has 1 atom stereocenters. The van der Waals surface area contributed by atoms with Crippen molar-refractivity contribution in [1.82, 2.24) is 5.32 Å². The van der Waals surface area contributed by atoms with Gasteiger partial charge in [0.25, 0.3) is 0 Å². The molecule has 3 N–H and O–H groups in total. The molecule has 4 nitrogen and oxygen atoms in total. The standard InChI is InChI=1S/C8H20N2O2S2/c1-3-13-6-4-8(2)10-5-7-14(9,11)12/h8,10H,3-7H2,1-2H3,(H2,9,11,12). The third-order valence-electron chi connectivity index (χ3n) is 1.78. The Balaban J connectivity index is 3.40. The quantitative estimate of drug-likeness (QED) is 0.602. The lowest BCUT2D eigenvalue weighted by molar-refractivity contribution is 0.548. The number of thioether (sulfide) groups is 1. The molecular weight excluding hydrogens is 220 g/mol. The lowest BCUT2D eigenvalue weighted by atomic mass is 10.3. The van der Waals surface area contributed by atoms with Crippen LogP contribution >= 0.6 is 11.8 Å². The summed E-state index contributed by atoms with van der Waals surface area (Å²) >= 11 is 1.89. The molecule has 86 valence electrons. The number of nitrogens with one attached hydrogen (secondary N) is 1. The first kappa shape index (κ1) is 14.2. The predicted molar refractivity (Wildman–Crippen MR) is 63.1 cm³/mol. The molecule has 0 bridgehead atoms. The van der Waals surface area contributed by atoms with Gasteiger partial charge in [0, 0.05) is 12.6 Å². The molecule has 0 saturated carbocycles. The summed E-state index contributed by atoms with van der Waals surface area (Å²) in [5, 5.41) is 8.00. The van der Waals surface area contributed by atoms with Crippen molar-refractivity contribution in [2.45, 2.75) is 26.3 Å². The molecule has 0 aliphatic carbocycles. The van der Waals surface area contributed by atoms with E-state index in [4.69, 9.17) is 5.14 Å². The van der Waals surface area contributed by atoms with Gasteiger partial charge in [0.2, 0.25) is 10.0 Å². The second kappa shape index (κ2) is 7.50. The van der Waals surface area contributed by atoms with Gasteiger partial charge in [0.15, 0.2) is 0 Å². The van der Waals surface area contributed by atoms with E-state index >= 15 is 0 Å². The fourth-order valence-electron chi connectivity index (χ4n) is 0.954. The Kier molecular flexibility index (Phi) is 7.62. The summed E-state index contributed by atoms with van der Waals surface area (Å²) in [6.07, 6.45) is 1.06. The molecule has 0 saturated heterocycles. The minimum absolute atomic E-state index is 0.0122. The van der Waals surface area contributed by atoms with E-state index < -0.39 is 10.0 Å². The molecule has 0 radical (unpaired) electrons. The summed E-state index contributed by atoms with van der Waals surface area (Å²) < 4.78 is 21.2. The van der Waals surface area contributed by atoms with Gasteiger partial charge >= 0.3 is 0 Å². The van der Waals surface area contributed by atoms with Gasteiger partial charge in [-0.2, -0.15) is 11.8 Å². The monoisotopic (exact) mass is 240 g/mol. The van der Waals surface area contributed by atoms with Gasteiger partial charge in [0.1, 0.15) is 0 Å². The van der Waals surface area contributed by atoms with Gasteiger partial charge in [0.05, 0.1) is 5.75 Å². The second-order valence-corrected chi connectivity index (χ2v) is 6.34. The topological polar surface area (TPSA) is 72.2 Å².